The van der Waals surface area contributed by atoms with Gasteiger partial charge >= 0.3 is 12.0 Å². The number of carboxylic acids is 1. The van der Waals surface area contributed by atoms with Crippen molar-refractivity contribution in [2.24, 2.45) is 0 Å². The van der Waals surface area contributed by atoms with Gasteiger partial charge in [0.15, 0.2) is 6.10 Å². The molecular formula is C10H9BrCl2N2O4. The Hall–Kier alpha value is -1.02. The van der Waals surface area contributed by atoms with E-state index in [1.165, 1.54) is 6.07 Å². The SMILES string of the molecule is O=C(NCC(O)C(=O)O)Nc1ccc(Br)c(Cl)c1Cl. The van der Waals surface area contributed by atoms with Gasteiger partial charge in [-0.15, -0.1) is 0 Å². The first-order valence-corrected chi connectivity index (χ1v) is 6.47. The van der Waals surface area contributed by atoms with Gasteiger partial charge in [0.05, 0.1) is 22.3 Å². The Kier molecular flexibility index (Phi) is 5.86. The molecule has 1 aromatic rings. The molecule has 4 N–H and O–H groups in total. The van der Waals surface area contributed by atoms with Crippen LogP contribution in [-0.2, 0) is 4.79 Å². The van der Waals surface area contributed by atoms with Crippen molar-refractivity contribution in [3.05, 3.63) is 26.7 Å². The molecule has 1 aromatic carbocycles. The van der Waals surface area contributed by atoms with E-state index in [1.54, 1.807) is 6.07 Å². The summed E-state index contributed by atoms with van der Waals surface area (Å²) in [6.45, 7) is -0.428. The highest BCUT2D eigenvalue weighted by molar-refractivity contribution is 9.10. The van der Waals surface area contributed by atoms with Crippen LogP contribution in [0.3, 0.4) is 0 Å². The molecule has 0 fully saturated rings. The molecule has 9 heteroatoms. The standard InChI is InChI=1S/C10H9BrCl2N2O4/c11-4-1-2-5(8(13)7(4)12)15-10(19)14-3-6(16)9(17)18/h1-2,6,16H,3H2,(H,17,18)(H2,14,15,19). The van der Waals surface area contributed by atoms with E-state index >= 15 is 0 Å². The third kappa shape index (κ3) is 4.54. The van der Waals surface area contributed by atoms with E-state index in [0.717, 1.165) is 0 Å². The minimum absolute atomic E-state index is 0.143. The largest absolute Gasteiger partial charge is 0.479 e. The number of nitrogens with one attached hydrogen (secondary N) is 2. The maximum absolute atomic E-state index is 11.4. The first kappa shape index (κ1) is 16.0. The fourth-order valence-corrected chi connectivity index (χ4v) is 1.89. The normalized spacial score (nSPS) is 11.8. The van der Waals surface area contributed by atoms with Gasteiger partial charge in [-0.2, -0.15) is 0 Å². The van der Waals surface area contributed by atoms with Crippen LogP contribution in [0.1, 0.15) is 0 Å². The molecule has 1 atom stereocenters. The Bertz CT molecular complexity index is 513. The molecular weight excluding hydrogens is 363 g/mol. The maximum atomic E-state index is 11.4. The smallest absolute Gasteiger partial charge is 0.334 e. The number of aliphatic hydroxyl groups is 1. The number of amides is 2. The van der Waals surface area contributed by atoms with Crippen molar-refractivity contribution in [2.75, 3.05) is 11.9 Å². The zero-order valence-electron chi connectivity index (χ0n) is 9.28. The summed E-state index contributed by atoms with van der Waals surface area (Å²) in [4.78, 5) is 21.8. The number of halogens is 3. The summed E-state index contributed by atoms with van der Waals surface area (Å²) in [6.07, 6.45) is -1.67. The molecule has 0 aliphatic rings. The van der Waals surface area contributed by atoms with Crippen LogP contribution in [0.15, 0.2) is 16.6 Å². The van der Waals surface area contributed by atoms with Gasteiger partial charge in [0.1, 0.15) is 0 Å². The van der Waals surface area contributed by atoms with Crippen LogP contribution in [-0.4, -0.2) is 34.9 Å². The monoisotopic (exact) mass is 370 g/mol. The Morgan fingerprint density at radius 2 is 1.95 bits per heavy atom. The van der Waals surface area contributed by atoms with Gasteiger partial charge in [0, 0.05) is 4.47 Å². The number of aliphatic hydroxyl groups excluding tert-OH is 1. The molecule has 104 valence electrons. The lowest BCUT2D eigenvalue weighted by atomic mass is 10.3. The number of benzene rings is 1. The Morgan fingerprint density at radius 1 is 1.32 bits per heavy atom. The molecule has 0 spiro atoms. The van der Waals surface area contributed by atoms with Crippen LogP contribution in [0.2, 0.25) is 10.0 Å². The molecule has 2 amide bonds. The molecule has 6 nitrogen and oxygen atoms in total. The van der Waals surface area contributed by atoms with E-state index in [2.05, 4.69) is 26.6 Å². The van der Waals surface area contributed by atoms with Gasteiger partial charge in [0.25, 0.3) is 0 Å². The zero-order chi connectivity index (χ0) is 14.6. The lowest BCUT2D eigenvalue weighted by Crippen LogP contribution is -2.38. The summed E-state index contributed by atoms with van der Waals surface area (Å²) < 4.78 is 0.575. The van der Waals surface area contributed by atoms with Crippen LogP contribution in [0.5, 0.6) is 0 Å². The minimum atomic E-state index is -1.67. The van der Waals surface area contributed by atoms with Crippen molar-refractivity contribution in [1.29, 1.82) is 0 Å². The molecule has 0 aliphatic heterocycles. The molecule has 19 heavy (non-hydrogen) atoms. The van der Waals surface area contributed by atoms with Crippen LogP contribution in [0, 0.1) is 0 Å². The topological polar surface area (TPSA) is 98.7 Å². The van der Waals surface area contributed by atoms with Gasteiger partial charge in [-0.05, 0) is 28.1 Å². The van der Waals surface area contributed by atoms with Crippen LogP contribution >= 0.6 is 39.1 Å². The lowest BCUT2D eigenvalue weighted by molar-refractivity contribution is -0.146. The van der Waals surface area contributed by atoms with Crippen LogP contribution in [0.25, 0.3) is 0 Å². The average molecular weight is 372 g/mol. The summed E-state index contributed by atoms with van der Waals surface area (Å²) in [5.74, 6) is -1.43. The van der Waals surface area contributed by atoms with Crippen LogP contribution in [0.4, 0.5) is 10.5 Å². The van der Waals surface area contributed by atoms with E-state index < -0.39 is 24.6 Å². The van der Waals surface area contributed by atoms with Crippen LogP contribution < -0.4 is 10.6 Å². The van der Waals surface area contributed by atoms with Crippen molar-refractivity contribution in [3.8, 4) is 0 Å². The quantitative estimate of drug-likeness (QED) is 0.610. The molecule has 0 radical (unpaired) electrons. The predicted molar refractivity (Wildman–Crippen MR) is 74.8 cm³/mol. The maximum Gasteiger partial charge on any atom is 0.334 e. The van der Waals surface area contributed by atoms with Gasteiger partial charge in [-0.25, -0.2) is 9.59 Å². The number of urea groups is 1. The summed E-state index contributed by atoms with van der Waals surface area (Å²) in [6, 6.07) is 2.40. The average Bonchev–Trinajstić information content (AvgIpc) is 2.36. The molecule has 0 heterocycles. The van der Waals surface area contributed by atoms with Crippen molar-refractivity contribution in [1.82, 2.24) is 5.32 Å². The van der Waals surface area contributed by atoms with E-state index in [1.807, 2.05) is 0 Å². The summed E-state index contributed by atoms with van der Waals surface area (Å²) >= 11 is 14.9. The number of rotatable bonds is 4. The van der Waals surface area contributed by atoms with E-state index in [-0.39, 0.29) is 15.7 Å². The highest BCUT2D eigenvalue weighted by Gasteiger charge is 2.15. The number of anilines is 1. The van der Waals surface area contributed by atoms with Crippen molar-refractivity contribution >= 4 is 56.8 Å². The summed E-state index contributed by atoms with van der Waals surface area (Å²) in [7, 11) is 0. The van der Waals surface area contributed by atoms with Crippen molar-refractivity contribution in [3.63, 3.8) is 0 Å². The molecule has 0 aliphatic carbocycles. The second-order valence-corrected chi connectivity index (χ2v) is 5.02. The van der Waals surface area contributed by atoms with Crippen molar-refractivity contribution < 1.29 is 19.8 Å². The fourth-order valence-electron chi connectivity index (χ4n) is 1.07. The summed E-state index contributed by atoms with van der Waals surface area (Å²) in [5, 5.41) is 22.4. The molecule has 0 saturated carbocycles. The molecule has 0 aromatic heterocycles. The summed E-state index contributed by atoms with van der Waals surface area (Å²) in [5.41, 5.74) is 0.261. The molecule has 1 rings (SSSR count). The second-order valence-electron chi connectivity index (χ2n) is 3.41. The molecule has 0 bridgehead atoms. The highest BCUT2D eigenvalue weighted by Crippen LogP contribution is 2.35. The van der Waals surface area contributed by atoms with Gasteiger partial charge in [0.2, 0.25) is 0 Å². The Morgan fingerprint density at radius 3 is 2.53 bits per heavy atom. The fraction of sp³-hybridized carbons (Fsp3) is 0.200. The Labute approximate surface area is 126 Å². The number of aliphatic carboxylic acids is 1. The number of carbonyl (C=O) groups excluding carboxylic acids is 1. The third-order valence-corrected chi connectivity index (χ3v) is 3.80. The predicted octanol–water partition coefficient (Wildman–Crippen LogP) is 2.32. The number of hydrogen-bond donors (Lipinski definition) is 4. The number of hydrogen-bond acceptors (Lipinski definition) is 3. The number of carboxylic acid groups (broad SMARTS) is 1. The third-order valence-electron chi connectivity index (χ3n) is 2.02. The lowest BCUT2D eigenvalue weighted by Gasteiger charge is -2.11. The van der Waals surface area contributed by atoms with E-state index in [4.69, 9.17) is 33.4 Å². The number of carbonyl (C=O) groups is 2. The van der Waals surface area contributed by atoms with E-state index in [9.17, 15) is 9.59 Å². The van der Waals surface area contributed by atoms with Crippen molar-refractivity contribution in [2.45, 2.75) is 6.10 Å². The molecule has 1 unspecified atom stereocenters. The van der Waals surface area contributed by atoms with E-state index in [0.29, 0.717) is 4.47 Å². The molecule has 0 saturated heterocycles. The Balaban J connectivity index is 2.63. The van der Waals surface area contributed by atoms with Gasteiger partial charge in [-0.1, -0.05) is 23.2 Å². The first-order valence-electron chi connectivity index (χ1n) is 4.92. The van der Waals surface area contributed by atoms with Gasteiger partial charge < -0.3 is 20.8 Å². The van der Waals surface area contributed by atoms with Gasteiger partial charge in [-0.3, -0.25) is 0 Å². The highest BCUT2D eigenvalue weighted by atomic mass is 79.9. The minimum Gasteiger partial charge on any atom is -0.479 e. The second kappa shape index (κ2) is 6.95. The first-order chi connectivity index (χ1) is 8.82. The zero-order valence-corrected chi connectivity index (χ0v) is 12.4.